The zero-order chi connectivity index (χ0) is 25.9. The van der Waals surface area contributed by atoms with Crippen molar-refractivity contribution in [1.29, 1.82) is 0 Å². The molecule has 0 fully saturated rings. The molecular weight excluding hydrogens is 482 g/mol. The van der Waals surface area contributed by atoms with Gasteiger partial charge in [-0.15, -0.1) is 0 Å². The summed E-state index contributed by atoms with van der Waals surface area (Å²) < 4.78 is 5.78. The predicted molar refractivity (Wildman–Crippen MR) is 150 cm³/mol. The van der Waals surface area contributed by atoms with Gasteiger partial charge in [0.15, 0.2) is 5.11 Å². The molecule has 0 radical (unpaired) electrons. The van der Waals surface area contributed by atoms with Gasteiger partial charge >= 0.3 is 0 Å². The van der Waals surface area contributed by atoms with Gasteiger partial charge in [0, 0.05) is 29.8 Å². The highest BCUT2D eigenvalue weighted by Crippen LogP contribution is 2.14. The van der Waals surface area contributed by atoms with Crippen LogP contribution in [0, 0.1) is 0 Å². The Morgan fingerprint density at radius 2 is 1.38 bits per heavy atom. The molecule has 0 saturated heterocycles. The monoisotopic (exact) mass is 509 g/mol. The van der Waals surface area contributed by atoms with Gasteiger partial charge in [0.25, 0.3) is 11.8 Å². The molecule has 3 N–H and O–H groups in total. The smallest absolute Gasteiger partial charge is 0.257 e. The Morgan fingerprint density at radius 1 is 0.703 bits per heavy atom. The third kappa shape index (κ3) is 8.02. The summed E-state index contributed by atoms with van der Waals surface area (Å²) in [7, 11) is 0. The first kappa shape index (κ1) is 25.6. The van der Waals surface area contributed by atoms with Crippen LogP contribution in [0.4, 0.5) is 5.69 Å². The normalized spacial score (nSPS) is 10.3. The van der Waals surface area contributed by atoms with Gasteiger partial charge in [-0.05, 0) is 65.8 Å². The molecule has 0 atom stereocenters. The third-order valence-electron chi connectivity index (χ3n) is 5.52. The van der Waals surface area contributed by atoms with E-state index in [0.717, 1.165) is 12.0 Å². The lowest BCUT2D eigenvalue weighted by Gasteiger charge is -2.12. The average molecular weight is 510 g/mol. The van der Waals surface area contributed by atoms with E-state index in [0.29, 0.717) is 35.7 Å². The Kier molecular flexibility index (Phi) is 8.99. The summed E-state index contributed by atoms with van der Waals surface area (Å²) in [4.78, 5) is 25.1. The minimum Gasteiger partial charge on any atom is -0.493 e. The molecule has 4 aromatic carbocycles. The van der Waals surface area contributed by atoms with Crippen molar-refractivity contribution in [3.63, 3.8) is 0 Å². The zero-order valence-electron chi connectivity index (χ0n) is 20.1. The SMILES string of the molecule is O=C(NCc1ccccc1)c1cccc(NC(=S)NC(=O)c2ccc(OCCc3ccccc3)cc2)c1. The van der Waals surface area contributed by atoms with Gasteiger partial charge in [-0.3, -0.25) is 14.9 Å². The number of carbonyl (C=O) groups excluding carboxylic acids is 2. The highest BCUT2D eigenvalue weighted by molar-refractivity contribution is 7.80. The second-order valence-electron chi connectivity index (χ2n) is 8.27. The fourth-order valence-corrected chi connectivity index (χ4v) is 3.80. The van der Waals surface area contributed by atoms with Gasteiger partial charge in [0.05, 0.1) is 6.61 Å². The van der Waals surface area contributed by atoms with Crippen molar-refractivity contribution < 1.29 is 14.3 Å². The lowest BCUT2D eigenvalue weighted by molar-refractivity contribution is 0.0948. The largest absolute Gasteiger partial charge is 0.493 e. The zero-order valence-corrected chi connectivity index (χ0v) is 21.0. The number of amides is 2. The molecule has 0 aliphatic heterocycles. The number of benzene rings is 4. The molecule has 6 nitrogen and oxygen atoms in total. The van der Waals surface area contributed by atoms with Gasteiger partial charge in [0.1, 0.15) is 5.75 Å². The maximum absolute atomic E-state index is 12.6. The van der Waals surface area contributed by atoms with Crippen LogP contribution in [0.3, 0.4) is 0 Å². The van der Waals surface area contributed by atoms with Crippen LogP contribution in [-0.4, -0.2) is 23.5 Å². The van der Waals surface area contributed by atoms with Gasteiger partial charge < -0.3 is 15.4 Å². The summed E-state index contributed by atoms with van der Waals surface area (Å²) in [5.41, 5.74) is 3.75. The lowest BCUT2D eigenvalue weighted by Crippen LogP contribution is -2.34. The van der Waals surface area contributed by atoms with Crippen molar-refractivity contribution >= 4 is 34.8 Å². The molecule has 0 unspecified atom stereocenters. The van der Waals surface area contributed by atoms with Crippen LogP contribution in [0.25, 0.3) is 0 Å². The number of nitrogens with one attached hydrogen (secondary N) is 3. The summed E-state index contributed by atoms with van der Waals surface area (Å²) in [6.07, 6.45) is 0.804. The Labute approximate surface area is 221 Å². The van der Waals surface area contributed by atoms with Crippen LogP contribution in [-0.2, 0) is 13.0 Å². The highest BCUT2D eigenvalue weighted by Gasteiger charge is 2.10. The van der Waals surface area contributed by atoms with E-state index in [1.165, 1.54) is 5.56 Å². The standard InChI is InChI=1S/C30H27N3O3S/c34-28(31-21-23-10-5-2-6-11-23)25-12-7-13-26(20-25)32-30(37)33-29(35)24-14-16-27(17-15-24)36-19-18-22-8-3-1-4-9-22/h1-17,20H,18-19,21H2,(H,31,34)(H2,32,33,35,37). The number of carbonyl (C=O) groups is 2. The van der Waals surface area contributed by atoms with Crippen LogP contribution in [0.1, 0.15) is 31.8 Å². The molecule has 4 rings (SSSR count). The number of thiocarbonyl (C=S) groups is 1. The fourth-order valence-electron chi connectivity index (χ4n) is 3.59. The van der Waals surface area contributed by atoms with Crippen molar-refractivity contribution in [1.82, 2.24) is 10.6 Å². The lowest BCUT2D eigenvalue weighted by atomic mass is 10.1. The Bertz CT molecular complexity index is 1340. The Hall–Kier alpha value is -4.49. The maximum Gasteiger partial charge on any atom is 0.257 e. The molecule has 0 bridgehead atoms. The van der Waals surface area contributed by atoms with Crippen LogP contribution in [0.2, 0.25) is 0 Å². The molecular formula is C30H27N3O3S. The molecule has 186 valence electrons. The Balaban J connectivity index is 1.24. The molecule has 2 amide bonds. The number of hydrogen-bond donors (Lipinski definition) is 3. The molecule has 0 heterocycles. The maximum atomic E-state index is 12.6. The molecule has 0 saturated carbocycles. The van der Waals surface area contributed by atoms with Crippen molar-refractivity contribution in [2.75, 3.05) is 11.9 Å². The molecule has 0 spiro atoms. The van der Waals surface area contributed by atoms with Crippen molar-refractivity contribution in [2.45, 2.75) is 13.0 Å². The van der Waals surface area contributed by atoms with Gasteiger partial charge in [0.2, 0.25) is 0 Å². The van der Waals surface area contributed by atoms with E-state index in [1.54, 1.807) is 48.5 Å². The van der Waals surface area contributed by atoms with E-state index >= 15 is 0 Å². The first-order valence-electron chi connectivity index (χ1n) is 11.9. The van der Waals surface area contributed by atoms with Crippen LogP contribution in [0.5, 0.6) is 5.75 Å². The summed E-state index contributed by atoms with van der Waals surface area (Å²) in [6.45, 7) is 0.982. The van der Waals surface area contributed by atoms with Gasteiger partial charge in [-0.25, -0.2) is 0 Å². The number of rotatable bonds is 9. The number of ether oxygens (including phenoxy) is 1. The molecule has 0 aromatic heterocycles. The van der Waals surface area contributed by atoms with Gasteiger partial charge in [-0.2, -0.15) is 0 Å². The van der Waals surface area contributed by atoms with E-state index in [-0.39, 0.29) is 16.9 Å². The molecule has 0 aliphatic carbocycles. The molecule has 7 heteroatoms. The topological polar surface area (TPSA) is 79.5 Å². The van der Waals surface area contributed by atoms with E-state index in [9.17, 15) is 9.59 Å². The minimum atomic E-state index is -0.343. The molecule has 0 aliphatic rings. The van der Waals surface area contributed by atoms with Gasteiger partial charge in [-0.1, -0.05) is 66.7 Å². The first-order valence-corrected chi connectivity index (χ1v) is 12.3. The fraction of sp³-hybridized carbons (Fsp3) is 0.100. The van der Waals surface area contributed by atoms with Crippen molar-refractivity contribution in [3.05, 3.63) is 131 Å². The highest BCUT2D eigenvalue weighted by atomic mass is 32.1. The third-order valence-corrected chi connectivity index (χ3v) is 5.73. The van der Waals surface area contributed by atoms with Crippen molar-refractivity contribution in [2.24, 2.45) is 0 Å². The van der Waals surface area contributed by atoms with E-state index in [4.69, 9.17) is 17.0 Å². The van der Waals surface area contributed by atoms with E-state index in [2.05, 4.69) is 28.1 Å². The summed E-state index contributed by atoms with van der Waals surface area (Å²) in [5, 5.41) is 8.66. The second-order valence-corrected chi connectivity index (χ2v) is 8.67. The summed E-state index contributed by atoms with van der Waals surface area (Å²) in [5.74, 6) is 0.147. The number of anilines is 1. The average Bonchev–Trinajstić information content (AvgIpc) is 2.93. The number of hydrogen-bond acceptors (Lipinski definition) is 4. The second kappa shape index (κ2) is 13.0. The molecule has 37 heavy (non-hydrogen) atoms. The van der Waals surface area contributed by atoms with Crippen molar-refractivity contribution in [3.8, 4) is 5.75 Å². The van der Waals surface area contributed by atoms with E-state index in [1.807, 2.05) is 48.5 Å². The first-order chi connectivity index (χ1) is 18.1. The van der Waals surface area contributed by atoms with Crippen LogP contribution < -0.4 is 20.7 Å². The molecule has 4 aromatic rings. The quantitative estimate of drug-likeness (QED) is 0.265. The predicted octanol–water partition coefficient (Wildman–Crippen LogP) is 5.36. The van der Waals surface area contributed by atoms with E-state index < -0.39 is 0 Å². The summed E-state index contributed by atoms with van der Waals surface area (Å²) in [6, 6.07) is 33.6. The Morgan fingerprint density at radius 3 is 2.08 bits per heavy atom. The van der Waals surface area contributed by atoms with Crippen LogP contribution >= 0.6 is 12.2 Å². The van der Waals surface area contributed by atoms with Crippen LogP contribution in [0.15, 0.2) is 109 Å². The minimum absolute atomic E-state index is 0.134. The summed E-state index contributed by atoms with van der Waals surface area (Å²) >= 11 is 5.30.